The van der Waals surface area contributed by atoms with Gasteiger partial charge in [0.25, 0.3) is 5.91 Å². The van der Waals surface area contributed by atoms with Gasteiger partial charge in [0.2, 0.25) is 0 Å². The maximum Gasteiger partial charge on any atom is 0.271 e. The number of hydrogen-bond acceptors (Lipinski definition) is 5. The van der Waals surface area contributed by atoms with Gasteiger partial charge in [-0.1, -0.05) is 25.6 Å². The first-order chi connectivity index (χ1) is 9.94. The molecule has 0 saturated heterocycles. The van der Waals surface area contributed by atoms with Crippen LogP contribution in [0.25, 0.3) is 0 Å². The highest BCUT2D eigenvalue weighted by molar-refractivity contribution is 7.98. The quantitative estimate of drug-likeness (QED) is 0.830. The van der Waals surface area contributed by atoms with Crippen molar-refractivity contribution in [2.24, 2.45) is 12.5 Å². The Kier molecular flexibility index (Phi) is 3.48. The van der Waals surface area contributed by atoms with Crippen LogP contribution >= 0.6 is 11.8 Å². The van der Waals surface area contributed by atoms with Gasteiger partial charge in [0.05, 0.1) is 5.75 Å². The van der Waals surface area contributed by atoms with Crippen LogP contribution in [0, 0.1) is 5.41 Å². The molecule has 1 aliphatic heterocycles. The molecule has 0 fully saturated rings. The molecule has 21 heavy (non-hydrogen) atoms. The van der Waals surface area contributed by atoms with E-state index in [0.29, 0.717) is 18.0 Å². The SMILES string of the molecule is Cn1cnnc1SCc1nc2c([nH]1)CC(C)(C)CNC2=O. The summed E-state index contributed by atoms with van der Waals surface area (Å²) < 4.78 is 1.86. The summed E-state index contributed by atoms with van der Waals surface area (Å²) in [5.74, 6) is 1.33. The average molecular weight is 306 g/mol. The zero-order valence-electron chi connectivity index (χ0n) is 12.3. The number of H-pyrrole nitrogens is 1. The van der Waals surface area contributed by atoms with E-state index in [9.17, 15) is 4.79 Å². The van der Waals surface area contributed by atoms with Crippen molar-refractivity contribution in [3.63, 3.8) is 0 Å². The molecular weight excluding hydrogens is 288 g/mol. The summed E-state index contributed by atoms with van der Waals surface area (Å²) in [5, 5.41) is 11.6. The molecule has 1 amide bonds. The van der Waals surface area contributed by atoms with Crippen molar-refractivity contribution < 1.29 is 4.79 Å². The third-order valence-corrected chi connectivity index (χ3v) is 4.48. The molecule has 3 heterocycles. The van der Waals surface area contributed by atoms with Crippen molar-refractivity contribution in [3.05, 3.63) is 23.5 Å². The van der Waals surface area contributed by atoms with E-state index in [2.05, 4.69) is 39.3 Å². The number of fused-ring (bicyclic) bond motifs is 1. The normalized spacial score (nSPS) is 17.2. The van der Waals surface area contributed by atoms with Gasteiger partial charge >= 0.3 is 0 Å². The number of hydrogen-bond donors (Lipinski definition) is 2. The lowest BCUT2D eigenvalue weighted by atomic mass is 9.88. The van der Waals surface area contributed by atoms with Crippen LogP contribution in [-0.4, -0.2) is 37.2 Å². The minimum Gasteiger partial charge on any atom is -0.350 e. The van der Waals surface area contributed by atoms with Gasteiger partial charge in [-0.25, -0.2) is 4.98 Å². The first-order valence-electron chi connectivity index (χ1n) is 6.77. The molecule has 2 aromatic heterocycles. The average Bonchev–Trinajstić information content (AvgIpc) is 2.97. The summed E-state index contributed by atoms with van der Waals surface area (Å²) in [5.41, 5.74) is 1.47. The zero-order chi connectivity index (χ0) is 15.0. The number of nitrogens with one attached hydrogen (secondary N) is 2. The number of rotatable bonds is 3. The number of carbonyl (C=O) groups is 1. The molecule has 0 unspecified atom stereocenters. The van der Waals surface area contributed by atoms with Crippen molar-refractivity contribution in [1.82, 2.24) is 30.0 Å². The fourth-order valence-corrected chi connectivity index (χ4v) is 3.09. The van der Waals surface area contributed by atoms with Crippen molar-refractivity contribution in [2.75, 3.05) is 6.54 Å². The third-order valence-electron chi connectivity index (χ3n) is 3.43. The Bertz CT molecular complexity index is 674. The lowest BCUT2D eigenvalue weighted by molar-refractivity contribution is 0.0940. The largest absolute Gasteiger partial charge is 0.350 e. The van der Waals surface area contributed by atoms with E-state index in [4.69, 9.17) is 0 Å². The smallest absolute Gasteiger partial charge is 0.271 e. The van der Waals surface area contributed by atoms with E-state index in [1.807, 2.05) is 11.6 Å². The maximum atomic E-state index is 12.1. The molecule has 112 valence electrons. The Balaban J connectivity index is 1.79. The van der Waals surface area contributed by atoms with Crippen LogP contribution in [0.15, 0.2) is 11.5 Å². The van der Waals surface area contributed by atoms with E-state index < -0.39 is 0 Å². The molecule has 0 aliphatic carbocycles. The molecule has 2 N–H and O–H groups in total. The summed E-state index contributed by atoms with van der Waals surface area (Å²) in [6.45, 7) is 4.94. The molecule has 8 heteroatoms. The van der Waals surface area contributed by atoms with Gasteiger partial charge < -0.3 is 14.9 Å². The van der Waals surface area contributed by atoms with Gasteiger partial charge in [-0.15, -0.1) is 10.2 Å². The lowest BCUT2D eigenvalue weighted by Crippen LogP contribution is -2.32. The molecule has 3 rings (SSSR count). The van der Waals surface area contributed by atoms with Crippen LogP contribution in [0.2, 0.25) is 0 Å². The number of aryl methyl sites for hydroxylation is 1. The Morgan fingerprint density at radius 3 is 3.00 bits per heavy atom. The van der Waals surface area contributed by atoms with Crippen molar-refractivity contribution in [1.29, 1.82) is 0 Å². The predicted molar refractivity (Wildman–Crippen MR) is 79.0 cm³/mol. The number of aromatic amines is 1. The van der Waals surface area contributed by atoms with Crippen molar-refractivity contribution in [2.45, 2.75) is 31.2 Å². The highest BCUT2D eigenvalue weighted by atomic mass is 32.2. The van der Waals surface area contributed by atoms with Crippen molar-refractivity contribution >= 4 is 17.7 Å². The van der Waals surface area contributed by atoms with Crippen LogP contribution in [0.1, 0.15) is 35.9 Å². The zero-order valence-corrected chi connectivity index (χ0v) is 13.1. The van der Waals surface area contributed by atoms with Crippen LogP contribution in [0.5, 0.6) is 0 Å². The standard InChI is InChI=1S/C13H18N6OS/c1-13(2)4-8-10(11(20)14-6-13)17-9(16-8)5-21-12-18-15-7-19(12)3/h7H,4-6H2,1-3H3,(H,14,20)(H,16,17). The van der Waals surface area contributed by atoms with Gasteiger partial charge in [-0.3, -0.25) is 4.79 Å². The fraction of sp³-hybridized carbons (Fsp3) is 0.538. The number of aromatic nitrogens is 5. The third kappa shape index (κ3) is 2.94. The van der Waals surface area contributed by atoms with Crippen LogP contribution < -0.4 is 5.32 Å². The number of carbonyl (C=O) groups excluding carboxylic acids is 1. The molecule has 0 radical (unpaired) electrons. The second kappa shape index (κ2) is 5.18. The summed E-state index contributed by atoms with van der Waals surface area (Å²) in [6.07, 6.45) is 2.47. The fourth-order valence-electron chi connectivity index (χ4n) is 2.33. The number of nitrogens with zero attached hydrogens (tertiary/aromatic N) is 4. The first kappa shape index (κ1) is 14.1. The van der Waals surface area contributed by atoms with E-state index in [0.717, 1.165) is 23.1 Å². The number of imidazole rings is 1. The second-order valence-corrected chi connectivity index (χ2v) is 6.99. The summed E-state index contributed by atoms with van der Waals surface area (Å²) in [7, 11) is 1.90. The second-order valence-electron chi connectivity index (χ2n) is 6.05. The molecule has 1 aliphatic rings. The monoisotopic (exact) mass is 306 g/mol. The van der Waals surface area contributed by atoms with Crippen LogP contribution in [-0.2, 0) is 19.2 Å². The number of amides is 1. The molecule has 0 spiro atoms. The maximum absolute atomic E-state index is 12.1. The van der Waals surface area contributed by atoms with Crippen molar-refractivity contribution in [3.8, 4) is 0 Å². The molecule has 2 aromatic rings. The summed E-state index contributed by atoms with van der Waals surface area (Å²) >= 11 is 1.54. The van der Waals surface area contributed by atoms with E-state index in [1.165, 1.54) is 0 Å². The first-order valence-corrected chi connectivity index (χ1v) is 7.76. The minimum atomic E-state index is -0.0956. The Morgan fingerprint density at radius 1 is 1.48 bits per heavy atom. The van der Waals surface area contributed by atoms with Crippen LogP contribution in [0.3, 0.4) is 0 Å². The lowest BCUT2D eigenvalue weighted by Gasteiger charge is -2.21. The Morgan fingerprint density at radius 2 is 2.29 bits per heavy atom. The Labute approximate surface area is 126 Å². The molecule has 0 bridgehead atoms. The Hall–Kier alpha value is -1.83. The molecular formula is C13H18N6OS. The summed E-state index contributed by atoms with van der Waals surface area (Å²) in [4.78, 5) is 19.8. The van der Waals surface area contributed by atoms with Gasteiger partial charge in [-0.05, 0) is 11.8 Å². The molecule has 0 saturated carbocycles. The molecule has 0 aromatic carbocycles. The highest BCUT2D eigenvalue weighted by Crippen LogP contribution is 2.26. The van der Waals surface area contributed by atoms with E-state index in [-0.39, 0.29) is 11.3 Å². The number of thioether (sulfide) groups is 1. The van der Waals surface area contributed by atoms with Gasteiger partial charge in [0.1, 0.15) is 17.8 Å². The van der Waals surface area contributed by atoms with Crippen LogP contribution in [0.4, 0.5) is 0 Å². The molecule has 7 nitrogen and oxygen atoms in total. The predicted octanol–water partition coefficient (Wildman–Crippen LogP) is 1.14. The highest BCUT2D eigenvalue weighted by Gasteiger charge is 2.29. The minimum absolute atomic E-state index is 0.0292. The van der Waals surface area contributed by atoms with Gasteiger partial charge in [0.15, 0.2) is 5.16 Å². The van der Waals surface area contributed by atoms with Gasteiger partial charge in [-0.2, -0.15) is 0 Å². The molecule has 0 atom stereocenters. The van der Waals surface area contributed by atoms with Gasteiger partial charge in [0, 0.05) is 19.3 Å². The summed E-state index contributed by atoms with van der Waals surface area (Å²) in [6, 6.07) is 0. The van der Waals surface area contributed by atoms with E-state index >= 15 is 0 Å². The topological polar surface area (TPSA) is 88.5 Å². The van der Waals surface area contributed by atoms with E-state index in [1.54, 1.807) is 18.1 Å².